The molecule has 8 rings (SSSR count). The van der Waals surface area contributed by atoms with Gasteiger partial charge in [0.15, 0.2) is 0 Å². The van der Waals surface area contributed by atoms with Gasteiger partial charge in [-0.05, 0) is 76.0 Å². The summed E-state index contributed by atoms with van der Waals surface area (Å²) < 4.78 is 24.5. The van der Waals surface area contributed by atoms with Crippen LogP contribution in [0.4, 0.5) is 10.8 Å². The number of hydrogen-bond donors (Lipinski definition) is 4. The van der Waals surface area contributed by atoms with Crippen LogP contribution in [-0.4, -0.2) is 142 Å². The lowest BCUT2D eigenvalue weighted by atomic mass is 9.85. The molecule has 4 heterocycles. The number of piperazine rings is 1. The third-order valence-corrected chi connectivity index (χ3v) is 13.7. The van der Waals surface area contributed by atoms with Gasteiger partial charge in [-0.3, -0.25) is 14.5 Å². The Morgan fingerprint density at radius 2 is 1.77 bits per heavy atom. The molecule has 3 aromatic rings. The van der Waals surface area contributed by atoms with Crippen LogP contribution in [0, 0.1) is 23.2 Å². The van der Waals surface area contributed by atoms with Gasteiger partial charge >= 0.3 is 12.1 Å². The van der Waals surface area contributed by atoms with Crippen molar-refractivity contribution in [1.82, 2.24) is 35.3 Å². The number of alkyl carbamates (subject to hydrolysis) is 1. The Morgan fingerprint density at radius 1 is 1.03 bits per heavy atom. The topological polar surface area (TPSA) is 201 Å². The van der Waals surface area contributed by atoms with Gasteiger partial charge in [0.2, 0.25) is 11.8 Å². The molecule has 5 aliphatic rings. The number of rotatable bonds is 16. The monoisotopic (exact) mass is 904 g/mol. The van der Waals surface area contributed by atoms with E-state index in [4.69, 9.17) is 35.2 Å². The fourth-order valence-electron chi connectivity index (χ4n) is 9.36. The number of fused-ring (bicyclic) bond motifs is 2. The van der Waals surface area contributed by atoms with Gasteiger partial charge < -0.3 is 49.5 Å². The molecule has 17 nitrogen and oxygen atoms in total. The Balaban J connectivity index is 1.09. The number of carbonyl (C=O) groups excluding carboxylic acids is 3. The Hall–Kier alpha value is -5.13. The fraction of sp³-hybridized carbons (Fsp3) is 0.609. The Labute approximate surface area is 378 Å². The molecule has 2 saturated heterocycles. The predicted octanol–water partition coefficient (Wildman–Crippen LogP) is 5.42. The summed E-state index contributed by atoms with van der Waals surface area (Å²) >= 11 is 7.11. The molecule has 0 radical (unpaired) electrons. The number of benzene rings is 1. The molecule has 18 heteroatoms. The maximum Gasteiger partial charge on any atom is 0.408 e. The van der Waals surface area contributed by atoms with Crippen LogP contribution in [0.3, 0.4) is 0 Å². The number of nitrogens with one attached hydrogen (secondary N) is 3. The number of likely N-dealkylation sites (tertiary alicyclic amines) is 1. The number of pyridine rings is 1. The second-order valence-corrected chi connectivity index (χ2v) is 20.0. The van der Waals surface area contributed by atoms with Gasteiger partial charge in [0.1, 0.15) is 64.9 Å². The van der Waals surface area contributed by atoms with Crippen LogP contribution in [-0.2, 0) is 19.1 Å². The highest BCUT2D eigenvalue weighted by Gasteiger charge is 2.61. The zero-order valence-corrected chi connectivity index (χ0v) is 38.3. The highest BCUT2D eigenvalue weighted by molar-refractivity contribution is 6.36. The SMILES string of the molecule is C=C[C@@H]1CC1(NC(=O)[C@@H]1C[C@@H](Oc2cc(-c3coc(NC(C)C)n3)nc3c(Cl)c(OCCN4CCN(C)CC4)ccc23)CN1C(=O)[C@@H](NC(=O)OC1C[C@@H]2C[C@@H]2C1)C(C)(C)C)C(=O)O. The highest BCUT2D eigenvalue weighted by atomic mass is 35.5. The van der Waals surface area contributed by atoms with E-state index in [0.29, 0.717) is 58.2 Å². The van der Waals surface area contributed by atoms with Gasteiger partial charge in [0.25, 0.3) is 6.01 Å². The average molecular weight is 905 g/mol. The number of carboxylic acids is 1. The molecule has 3 amide bonds. The van der Waals surface area contributed by atoms with E-state index in [1.54, 1.807) is 12.1 Å². The molecule has 2 unspecified atom stereocenters. The predicted molar refractivity (Wildman–Crippen MR) is 239 cm³/mol. The molecule has 346 valence electrons. The number of anilines is 1. The van der Waals surface area contributed by atoms with E-state index in [9.17, 15) is 24.3 Å². The van der Waals surface area contributed by atoms with Crippen LogP contribution in [0.25, 0.3) is 22.3 Å². The van der Waals surface area contributed by atoms with Gasteiger partial charge in [-0.2, -0.15) is 4.98 Å². The van der Waals surface area contributed by atoms with Gasteiger partial charge in [-0.15, -0.1) is 6.58 Å². The first-order chi connectivity index (χ1) is 30.4. The molecule has 2 aromatic heterocycles. The minimum Gasteiger partial charge on any atom is -0.491 e. The minimum atomic E-state index is -1.54. The first-order valence-corrected chi connectivity index (χ1v) is 22.8. The molecule has 2 aliphatic heterocycles. The molecule has 1 aromatic carbocycles. The number of carbonyl (C=O) groups is 4. The minimum absolute atomic E-state index is 0.00493. The number of likely N-dealkylation sites (N-methyl/N-ethyl adjacent to an activating group) is 1. The van der Waals surface area contributed by atoms with Crippen molar-refractivity contribution in [2.75, 3.05) is 58.2 Å². The molecule has 3 saturated carbocycles. The van der Waals surface area contributed by atoms with Crippen LogP contribution in [0.2, 0.25) is 5.02 Å². The van der Waals surface area contributed by atoms with Crippen molar-refractivity contribution in [3.8, 4) is 22.9 Å². The molecule has 8 atom stereocenters. The van der Waals surface area contributed by atoms with Gasteiger partial charge in [0.05, 0.1) is 17.8 Å². The van der Waals surface area contributed by atoms with E-state index in [1.165, 1.54) is 17.2 Å². The molecule has 4 N–H and O–H groups in total. The van der Waals surface area contributed by atoms with Crippen LogP contribution in [0.5, 0.6) is 11.5 Å². The number of carboxylic acid groups (broad SMARTS) is 1. The quantitative estimate of drug-likeness (QED) is 0.133. The second kappa shape index (κ2) is 18.0. The molecular weight excluding hydrogens is 844 g/mol. The fourth-order valence-corrected chi connectivity index (χ4v) is 9.62. The summed E-state index contributed by atoms with van der Waals surface area (Å²) in [6.07, 6.45) is 4.27. The van der Waals surface area contributed by atoms with Crippen LogP contribution >= 0.6 is 11.6 Å². The van der Waals surface area contributed by atoms with E-state index in [2.05, 4.69) is 44.4 Å². The number of halogens is 1. The number of amides is 3. The molecule has 3 aliphatic carbocycles. The summed E-state index contributed by atoms with van der Waals surface area (Å²) in [5.74, 6) is -0.867. The lowest BCUT2D eigenvalue weighted by molar-refractivity contribution is -0.146. The van der Waals surface area contributed by atoms with E-state index in [1.807, 2.05) is 40.7 Å². The standard InChI is InChI=1S/C46H61ClN8O9/c1-8-28-22-46(28,42(58)59)52-40(56)34-20-30(23-55(34)41(57)39(45(4,5)6)51-44(60)64-29-18-26-17-27(26)19-29)63-36-21-32(33-24-62-43(50-33)48-25(2)3)49-38-31(36)9-10-35(37(38)47)61-16-15-54-13-11-53(7)12-14-54/h8-10,21,24-30,34,39H,1,11-20,22-23H2,2-7H3,(H,48,50)(H,51,60)(H,52,56)(H,58,59)/t26-,27+,28-,29?,30-,34+,39-,46?/m1/s1. The van der Waals surface area contributed by atoms with Crippen LogP contribution < -0.4 is 25.4 Å². The lowest BCUT2D eigenvalue weighted by Crippen LogP contribution is -2.59. The van der Waals surface area contributed by atoms with E-state index in [0.717, 1.165) is 52.0 Å². The first-order valence-electron chi connectivity index (χ1n) is 22.4. The molecule has 0 bridgehead atoms. The summed E-state index contributed by atoms with van der Waals surface area (Å²) in [6.45, 7) is 18.1. The van der Waals surface area contributed by atoms with Crippen molar-refractivity contribution in [3.05, 3.63) is 42.1 Å². The number of nitrogens with zero attached hydrogens (tertiary/aromatic N) is 5. The number of aliphatic carboxylic acids is 1. The third kappa shape index (κ3) is 9.76. The van der Waals surface area contributed by atoms with Crippen LogP contribution in [0.1, 0.15) is 66.7 Å². The number of hydrogen-bond acceptors (Lipinski definition) is 13. The van der Waals surface area contributed by atoms with Crippen molar-refractivity contribution in [1.29, 1.82) is 0 Å². The molecule has 5 fully saturated rings. The van der Waals surface area contributed by atoms with Crippen molar-refractivity contribution in [2.24, 2.45) is 23.2 Å². The van der Waals surface area contributed by atoms with Crippen molar-refractivity contribution >= 4 is 52.4 Å². The highest BCUT2D eigenvalue weighted by Crippen LogP contribution is 2.52. The van der Waals surface area contributed by atoms with E-state index >= 15 is 0 Å². The van der Waals surface area contributed by atoms with Crippen molar-refractivity contribution in [3.63, 3.8) is 0 Å². The Morgan fingerprint density at radius 3 is 2.42 bits per heavy atom. The van der Waals surface area contributed by atoms with Gasteiger partial charge in [-0.25, -0.2) is 14.6 Å². The van der Waals surface area contributed by atoms with E-state index in [-0.39, 0.29) is 36.6 Å². The number of ether oxygens (including phenoxy) is 3. The maximum atomic E-state index is 14.8. The first kappa shape index (κ1) is 45.4. The summed E-state index contributed by atoms with van der Waals surface area (Å²) in [5.41, 5.74) is -1.16. The smallest absolute Gasteiger partial charge is 0.408 e. The number of aromatic nitrogens is 2. The normalized spacial score (nSPS) is 27.2. The van der Waals surface area contributed by atoms with Gasteiger partial charge in [-0.1, -0.05) is 38.4 Å². The largest absolute Gasteiger partial charge is 0.491 e. The average Bonchev–Trinajstić information content (AvgIpc) is 3.91. The summed E-state index contributed by atoms with van der Waals surface area (Å²) in [4.78, 5) is 70.5. The third-order valence-electron chi connectivity index (χ3n) is 13.3. The van der Waals surface area contributed by atoms with Crippen molar-refractivity contribution < 1.29 is 42.9 Å². The second-order valence-electron chi connectivity index (χ2n) is 19.6. The summed E-state index contributed by atoms with van der Waals surface area (Å²) in [7, 11) is 2.11. The molecular formula is C46H61ClN8O9. The van der Waals surface area contributed by atoms with Crippen molar-refractivity contribution in [2.45, 2.75) is 103 Å². The lowest BCUT2D eigenvalue weighted by Gasteiger charge is -2.35. The van der Waals surface area contributed by atoms with Gasteiger partial charge in [0, 0.05) is 62.6 Å². The Bertz CT molecular complexity index is 2260. The zero-order chi connectivity index (χ0) is 45.7. The zero-order valence-electron chi connectivity index (χ0n) is 37.5. The number of oxazole rings is 1. The molecule has 0 spiro atoms. The van der Waals surface area contributed by atoms with E-state index < -0.39 is 58.9 Å². The summed E-state index contributed by atoms with van der Waals surface area (Å²) in [5, 5.41) is 19.7. The van der Waals surface area contributed by atoms with Crippen LogP contribution in [0.15, 0.2) is 41.5 Å². The molecule has 64 heavy (non-hydrogen) atoms. The maximum absolute atomic E-state index is 14.8. The Kier molecular flexibility index (Phi) is 12.8. The summed E-state index contributed by atoms with van der Waals surface area (Å²) in [6, 6.07) is 3.41.